The van der Waals surface area contributed by atoms with Crippen LogP contribution in [0, 0.1) is 0 Å². The van der Waals surface area contributed by atoms with E-state index in [0.29, 0.717) is 0 Å². The standard InChI is InChI=1S/C21H19N7O3/c1-15(24-20(29)18-12-22-27(25-18)16-8-4-2-5-9-16)14-31-21(30)19-13-23-28(26-19)17-10-6-3-7-11-17/h2-13,15H,14H2,1H3,(H,24,29)/t15-/m0/s1. The number of para-hydroxylation sites is 2. The molecule has 0 saturated carbocycles. The van der Waals surface area contributed by atoms with Gasteiger partial charge in [0.1, 0.15) is 6.61 Å². The smallest absolute Gasteiger partial charge is 0.360 e. The maximum absolute atomic E-state index is 12.4. The van der Waals surface area contributed by atoms with E-state index in [9.17, 15) is 9.59 Å². The number of hydrogen-bond donors (Lipinski definition) is 1. The van der Waals surface area contributed by atoms with Crippen molar-refractivity contribution < 1.29 is 14.3 Å². The zero-order chi connectivity index (χ0) is 21.6. The van der Waals surface area contributed by atoms with Gasteiger partial charge in [-0.2, -0.15) is 19.8 Å². The molecular formula is C21H19N7O3. The van der Waals surface area contributed by atoms with Crippen LogP contribution in [0.25, 0.3) is 11.4 Å². The largest absolute Gasteiger partial charge is 0.459 e. The van der Waals surface area contributed by atoms with E-state index in [0.717, 1.165) is 11.4 Å². The number of benzene rings is 2. The number of esters is 1. The summed E-state index contributed by atoms with van der Waals surface area (Å²) in [4.78, 5) is 27.3. The van der Waals surface area contributed by atoms with Gasteiger partial charge in [0.25, 0.3) is 5.91 Å². The van der Waals surface area contributed by atoms with Gasteiger partial charge in [-0.15, -0.1) is 10.2 Å². The first-order chi connectivity index (χ1) is 15.1. The van der Waals surface area contributed by atoms with E-state index in [1.807, 2.05) is 60.7 Å². The molecule has 0 fully saturated rings. The first-order valence-corrected chi connectivity index (χ1v) is 9.53. The van der Waals surface area contributed by atoms with Crippen LogP contribution in [-0.2, 0) is 4.74 Å². The Morgan fingerprint density at radius 1 is 0.871 bits per heavy atom. The molecule has 0 saturated heterocycles. The van der Waals surface area contributed by atoms with Crippen molar-refractivity contribution in [2.75, 3.05) is 6.61 Å². The van der Waals surface area contributed by atoms with Gasteiger partial charge in [-0.3, -0.25) is 4.79 Å². The van der Waals surface area contributed by atoms with E-state index in [1.54, 1.807) is 6.92 Å². The Bertz CT molecular complexity index is 1170. The number of rotatable bonds is 7. The second-order valence-electron chi connectivity index (χ2n) is 6.68. The van der Waals surface area contributed by atoms with E-state index in [-0.39, 0.29) is 18.0 Å². The average Bonchev–Trinajstić information content (AvgIpc) is 3.49. The Hall–Kier alpha value is -4.34. The Morgan fingerprint density at radius 2 is 1.39 bits per heavy atom. The number of hydrogen-bond acceptors (Lipinski definition) is 7. The van der Waals surface area contributed by atoms with Gasteiger partial charge in [0.05, 0.1) is 29.8 Å². The molecule has 0 spiro atoms. The number of ether oxygens (including phenoxy) is 1. The second-order valence-corrected chi connectivity index (χ2v) is 6.68. The summed E-state index contributed by atoms with van der Waals surface area (Å²) in [6.07, 6.45) is 2.71. The van der Waals surface area contributed by atoms with E-state index in [2.05, 4.69) is 25.7 Å². The maximum Gasteiger partial charge on any atom is 0.360 e. The van der Waals surface area contributed by atoms with Crippen LogP contribution in [0.4, 0.5) is 0 Å². The van der Waals surface area contributed by atoms with E-state index in [4.69, 9.17) is 4.74 Å². The van der Waals surface area contributed by atoms with Crippen LogP contribution in [-0.4, -0.2) is 54.5 Å². The minimum absolute atomic E-state index is 0.0322. The van der Waals surface area contributed by atoms with Crippen LogP contribution in [0.5, 0.6) is 0 Å². The fraction of sp³-hybridized carbons (Fsp3) is 0.143. The first kappa shape index (κ1) is 20.0. The van der Waals surface area contributed by atoms with Crippen LogP contribution in [0.15, 0.2) is 73.1 Å². The van der Waals surface area contributed by atoms with Crippen molar-refractivity contribution in [3.05, 3.63) is 84.4 Å². The summed E-state index contributed by atoms with van der Waals surface area (Å²) in [5, 5.41) is 19.2. The zero-order valence-electron chi connectivity index (χ0n) is 16.6. The summed E-state index contributed by atoms with van der Waals surface area (Å²) in [5.41, 5.74) is 1.71. The van der Waals surface area contributed by atoms with Crippen LogP contribution >= 0.6 is 0 Å². The third-order valence-electron chi connectivity index (χ3n) is 4.24. The minimum Gasteiger partial charge on any atom is -0.459 e. The molecule has 2 aromatic carbocycles. The summed E-state index contributed by atoms with van der Waals surface area (Å²) >= 11 is 0. The third kappa shape index (κ3) is 4.81. The van der Waals surface area contributed by atoms with Crippen molar-refractivity contribution in [3.63, 3.8) is 0 Å². The molecule has 4 rings (SSSR count). The number of amides is 1. The summed E-state index contributed by atoms with van der Waals surface area (Å²) in [6, 6.07) is 18.0. The molecule has 2 aromatic heterocycles. The lowest BCUT2D eigenvalue weighted by Gasteiger charge is -2.12. The second kappa shape index (κ2) is 8.99. The number of carbonyl (C=O) groups excluding carboxylic acids is 2. The topological polar surface area (TPSA) is 117 Å². The lowest BCUT2D eigenvalue weighted by molar-refractivity contribution is 0.0457. The molecule has 0 aliphatic heterocycles. The van der Waals surface area contributed by atoms with E-state index < -0.39 is 17.9 Å². The Morgan fingerprint density at radius 3 is 1.97 bits per heavy atom. The fourth-order valence-corrected chi connectivity index (χ4v) is 2.71. The molecule has 31 heavy (non-hydrogen) atoms. The van der Waals surface area contributed by atoms with Crippen molar-refractivity contribution in [1.29, 1.82) is 0 Å². The minimum atomic E-state index is -0.627. The van der Waals surface area contributed by atoms with E-state index in [1.165, 1.54) is 22.0 Å². The Labute approximate surface area is 177 Å². The van der Waals surface area contributed by atoms with Crippen LogP contribution < -0.4 is 5.32 Å². The highest BCUT2D eigenvalue weighted by molar-refractivity contribution is 5.92. The Balaban J connectivity index is 1.30. The summed E-state index contributed by atoms with van der Waals surface area (Å²) in [5.74, 6) is -1.04. The lowest BCUT2D eigenvalue weighted by Crippen LogP contribution is -2.36. The summed E-state index contributed by atoms with van der Waals surface area (Å²) < 4.78 is 5.24. The number of carbonyl (C=O) groups is 2. The summed E-state index contributed by atoms with van der Waals surface area (Å²) in [6.45, 7) is 1.68. The normalized spacial score (nSPS) is 11.6. The molecule has 0 radical (unpaired) electrons. The SMILES string of the molecule is C[C@@H](COC(=O)c1cnn(-c2ccccc2)n1)NC(=O)c1cnn(-c2ccccc2)n1. The van der Waals surface area contributed by atoms with Gasteiger partial charge in [-0.1, -0.05) is 36.4 Å². The van der Waals surface area contributed by atoms with Crippen LogP contribution in [0.2, 0.25) is 0 Å². The van der Waals surface area contributed by atoms with Gasteiger partial charge in [0.2, 0.25) is 0 Å². The molecule has 0 aliphatic carbocycles. The molecule has 10 heteroatoms. The molecule has 10 nitrogen and oxygen atoms in total. The number of aromatic nitrogens is 6. The maximum atomic E-state index is 12.4. The van der Waals surface area contributed by atoms with Gasteiger partial charge in [-0.05, 0) is 31.2 Å². The van der Waals surface area contributed by atoms with Crippen molar-refractivity contribution >= 4 is 11.9 Å². The van der Waals surface area contributed by atoms with Crippen molar-refractivity contribution in [2.45, 2.75) is 13.0 Å². The predicted molar refractivity (Wildman–Crippen MR) is 110 cm³/mol. The molecule has 1 atom stereocenters. The fourth-order valence-electron chi connectivity index (χ4n) is 2.71. The highest BCUT2D eigenvalue weighted by Gasteiger charge is 2.18. The third-order valence-corrected chi connectivity index (χ3v) is 4.24. The highest BCUT2D eigenvalue weighted by Crippen LogP contribution is 2.06. The van der Waals surface area contributed by atoms with Gasteiger partial charge in [0, 0.05) is 0 Å². The monoisotopic (exact) mass is 417 g/mol. The van der Waals surface area contributed by atoms with Gasteiger partial charge < -0.3 is 10.1 Å². The Kier molecular flexibility index (Phi) is 5.79. The molecular weight excluding hydrogens is 398 g/mol. The predicted octanol–water partition coefficient (Wildman–Crippen LogP) is 1.82. The summed E-state index contributed by atoms with van der Waals surface area (Å²) in [7, 11) is 0. The molecule has 1 amide bonds. The number of nitrogens with zero attached hydrogens (tertiary/aromatic N) is 6. The van der Waals surface area contributed by atoms with E-state index >= 15 is 0 Å². The van der Waals surface area contributed by atoms with Crippen LogP contribution in [0.1, 0.15) is 27.9 Å². The van der Waals surface area contributed by atoms with Crippen molar-refractivity contribution in [1.82, 2.24) is 35.3 Å². The van der Waals surface area contributed by atoms with Gasteiger partial charge >= 0.3 is 5.97 Å². The zero-order valence-corrected chi connectivity index (χ0v) is 16.6. The molecule has 0 bridgehead atoms. The molecule has 2 heterocycles. The molecule has 1 N–H and O–H groups in total. The highest BCUT2D eigenvalue weighted by atomic mass is 16.5. The molecule has 0 unspecified atom stereocenters. The van der Waals surface area contributed by atoms with Crippen molar-refractivity contribution in [2.24, 2.45) is 0 Å². The molecule has 4 aromatic rings. The van der Waals surface area contributed by atoms with Gasteiger partial charge in [-0.25, -0.2) is 4.79 Å². The molecule has 156 valence electrons. The lowest BCUT2D eigenvalue weighted by atomic mass is 10.3. The average molecular weight is 417 g/mol. The number of nitrogens with one attached hydrogen (secondary N) is 1. The first-order valence-electron chi connectivity index (χ1n) is 9.53. The quantitative estimate of drug-likeness (QED) is 0.456. The van der Waals surface area contributed by atoms with Gasteiger partial charge in [0.15, 0.2) is 11.4 Å². The molecule has 0 aliphatic rings. The van der Waals surface area contributed by atoms with Crippen LogP contribution in [0.3, 0.4) is 0 Å². The van der Waals surface area contributed by atoms with Crippen molar-refractivity contribution in [3.8, 4) is 11.4 Å².